The number of carboxylic acid groups (broad SMARTS) is 1. The molecule has 0 aliphatic heterocycles. The van der Waals surface area contributed by atoms with E-state index in [9.17, 15) is 14.7 Å². The summed E-state index contributed by atoms with van der Waals surface area (Å²) < 4.78 is 0. The van der Waals surface area contributed by atoms with Gasteiger partial charge in [0.05, 0.1) is 11.8 Å². The van der Waals surface area contributed by atoms with Crippen LogP contribution in [-0.2, 0) is 16.1 Å². The average Bonchev–Trinajstić information content (AvgIpc) is 3.06. The highest BCUT2D eigenvalue weighted by molar-refractivity contribution is 5.86. The fraction of sp³-hybridized carbons (Fsp3) is 0.412. The van der Waals surface area contributed by atoms with Crippen molar-refractivity contribution in [1.82, 2.24) is 5.32 Å². The third kappa shape index (κ3) is 2.46. The number of rotatable bonds is 4. The lowest BCUT2D eigenvalue weighted by molar-refractivity contribution is -0.147. The molecule has 110 valence electrons. The second kappa shape index (κ2) is 5.35. The van der Waals surface area contributed by atoms with Crippen molar-refractivity contribution in [1.29, 1.82) is 0 Å². The lowest BCUT2D eigenvalue weighted by Gasteiger charge is -2.24. The van der Waals surface area contributed by atoms with E-state index in [0.717, 1.165) is 17.5 Å². The first-order valence-electron chi connectivity index (χ1n) is 7.31. The molecule has 0 saturated heterocycles. The second-order valence-corrected chi connectivity index (χ2v) is 5.98. The Morgan fingerprint density at radius 3 is 2.52 bits per heavy atom. The zero-order chi connectivity index (χ0) is 15.0. The van der Waals surface area contributed by atoms with Crippen LogP contribution in [0, 0.1) is 30.6 Å². The molecule has 3 rings (SSSR count). The molecule has 2 aliphatic carbocycles. The summed E-state index contributed by atoms with van der Waals surface area (Å²) in [5.74, 6) is -1.90. The summed E-state index contributed by atoms with van der Waals surface area (Å²) in [7, 11) is 0. The van der Waals surface area contributed by atoms with E-state index in [-0.39, 0.29) is 17.7 Å². The van der Waals surface area contributed by atoms with Gasteiger partial charge in [0.25, 0.3) is 0 Å². The fourth-order valence-electron chi connectivity index (χ4n) is 3.62. The van der Waals surface area contributed by atoms with Gasteiger partial charge in [0.15, 0.2) is 0 Å². The summed E-state index contributed by atoms with van der Waals surface area (Å²) in [6, 6.07) is 7.88. The van der Waals surface area contributed by atoms with Gasteiger partial charge < -0.3 is 10.4 Å². The molecule has 21 heavy (non-hydrogen) atoms. The Hall–Kier alpha value is -2.10. The maximum absolute atomic E-state index is 12.4. The number of nitrogens with one attached hydrogen (secondary N) is 1. The molecule has 0 aromatic heterocycles. The number of aliphatic carboxylic acids is 1. The summed E-state index contributed by atoms with van der Waals surface area (Å²) in [5.41, 5.74) is 2.19. The lowest BCUT2D eigenvalue weighted by Crippen LogP contribution is -2.39. The zero-order valence-electron chi connectivity index (χ0n) is 12.0. The first-order valence-corrected chi connectivity index (χ1v) is 7.31. The van der Waals surface area contributed by atoms with Gasteiger partial charge in [-0.25, -0.2) is 0 Å². The highest BCUT2D eigenvalue weighted by Gasteiger charge is 2.51. The van der Waals surface area contributed by atoms with Gasteiger partial charge in [-0.1, -0.05) is 36.4 Å². The number of carboxylic acids is 1. The van der Waals surface area contributed by atoms with Gasteiger partial charge in [0.2, 0.25) is 5.91 Å². The first-order chi connectivity index (χ1) is 10.1. The van der Waals surface area contributed by atoms with Gasteiger partial charge in [0.1, 0.15) is 0 Å². The number of amides is 1. The number of hydrogen-bond donors (Lipinski definition) is 2. The van der Waals surface area contributed by atoms with Crippen LogP contribution in [0.15, 0.2) is 36.4 Å². The van der Waals surface area contributed by atoms with Crippen LogP contribution in [0.2, 0.25) is 0 Å². The van der Waals surface area contributed by atoms with Gasteiger partial charge in [-0.05, 0) is 36.3 Å². The van der Waals surface area contributed by atoms with Gasteiger partial charge in [-0.3, -0.25) is 9.59 Å². The molecule has 2 aliphatic rings. The summed E-state index contributed by atoms with van der Waals surface area (Å²) in [5, 5.41) is 12.3. The minimum atomic E-state index is -0.858. The molecule has 2 bridgehead atoms. The van der Waals surface area contributed by atoms with Crippen molar-refractivity contribution in [2.75, 3.05) is 0 Å². The van der Waals surface area contributed by atoms with Gasteiger partial charge >= 0.3 is 5.97 Å². The molecule has 1 amide bonds. The average molecular weight is 285 g/mol. The Bertz CT molecular complexity index is 608. The van der Waals surface area contributed by atoms with Crippen molar-refractivity contribution in [2.24, 2.45) is 23.7 Å². The predicted octanol–water partition coefficient (Wildman–Crippen LogP) is 2.13. The highest BCUT2D eigenvalue weighted by Crippen LogP contribution is 2.48. The quantitative estimate of drug-likeness (QED) is 0.833. The molecule has 1 saturated carbocycles. The maximum Gasteiger partial charge on any atom is 0.307 e. The molecular weight excluding hydrogens is 266 g/mol. The molecule has 4 unspecified atom stereocenters. The lowest BCUT2D eigenvalue weighted by atomic mass is 9.82. The minimum Gasteiger partial charge on any atom is -0.481 e. The van der Waals surface area contributed by atoms with E-state index in [2.05, 4.69) is 5.32 Å². The van der Waals surface area contributed by atoms with Gasteiger partial charge in [0, 0.05) is 6.54 Å². The smallest absolute Gasteiger partial charge is 0.307 e. The molecule has 4 atom stereocenters. The normalized spacial score (nSPS) is 29.6. The topological polar surface area (TPSA) is 66.4 Å². The maximum atomic E-state index is 12.4. The van der Waals surface area contributed by atoms with Crippen molar-refractivity contribution >= 4 is 11.9 Å². The third-order valence-electron chi connectivity index (χ3n) is 4.76. The highest BCUT2D eigenvalue weighted by atomic mass is 16.4. The number of aryl methyl sites for hydroxylation is 1. The van der Waals surface area contributed by atoms with E-state index in [4.69, 9.17) is 0 Å². The Labute approximate surface area is 123 Å². The van der Waals surface area contributed by atoms with E-state index >= 15 is 0 Å². The molecular formula is C17H19NO3. The molecule has 1 aromatic rings. The molecule has 0 radical (unpaired) electrons. The van der Waals surface area contributed by atoms with E-state index < -0.39 is 17.8 Å². The van der Waals surface area contributed by atoms with E-state index in [1.165, 1.54) is 0 Å². The number of carbonyl (C=O) groups excluding carboxylic acids is 1. The summed E-state index contributed by atoms with van der Waals surface area (Å²) >= 11 is 0. The Morgan fingerprint density at radius 2 is 1.86 bits per heavy atom. The fourth-order valence-corrected chi connectivity index (χ4v) is 3.62. The van der Waals surface area contributed by atoms with Crippen molar-refractivity contribution in [3.05, 3.63) is 47.5 Å². The van der Waals surface area contributed by atoms with Gasteiger partial charge in [-0.2, -0.15) is 0 Å². The van der Waals surface area contributed by atoms with Crippen LogP contribution in [0.4, 0.5) is 0 Å². The van der Waals surface area contributed by atoms with Gasteiger partial charge in [-0.15, -0.1) is 0 Å². The number of carbonyl (C=O) groups is 2. The number of hydrogen-bond acceptors (Lipinski definition) is 2. The van der Waals surface area contributed by atoms with Crippen LogP contribution >= 0.6 is 0 Å². The predicted molar refractivity (Wildman–Crippen MR) is 78.4 cm³/mol. The van der Waals surface area contributed by atoms with Crippen molar-refractivity contribution in [3.63, 3.8) is 0 Å². The molecule has 4 nitrogen and oxygen atoms in total. The summed E-state index contributed by atoms with van der Waals surface area (Å²) in [6.45, 7) is 2.46. The van der Waals surface area contributed by atoms with E-state index in [1.807, 2.05) is 43.3 Å². The van der Waals surface area contributed by atoms with Crippen LogP contribution in [0.25, 0.3) is 0 Å². The first kappa shape index (κ1) is 13.9. The Morgan fingerprint density at radius 1 is 1.19 bits per heavy atom. The molecule has 0 heterocycles. The number of allylic oxidation sites excluding steroid dienone is 2. The SMILES string of the molecule is Cc1ccccc1CNC(=O)C1C2C=CC(C2)C1C(=O)O. The summed E-state index contributed by atoms with van der Waals surface area (Å²) in [6.07, 6.45) is 4.75. The standard InChI is InChI=1S/C17H19NO3/c1-10-4-2-3-5-13(10)9-18-16(19)14-11-6-7-12(8-11)15(14)17(20)21/h2-7,11-12,14-15H,8-9H2,1H3,(H,18,19)(H,20,21). The van der Waals surface area contributed by atoms with Crippen LogP contribution < -0.4 is 5.32 Å². The van der Waals surface area contributed by atoms with Crippen LogP contribution in [0.3, 0.4) is 0 Å². The second-order valence-electron chi connectivity index (χ2n) is 5.98. The van der Waals surface area contributed by atoms with Crippen LogP contribution in [0.5, 0.6) is 0 Å². The molecule has 1 aromatic carbocycles. The van der Waals surface area contributed by atoms with Crippen LogP contribution in [0.1, 0.15) is 17.5 Å². The van der Waals surface area contributed by atoms with Crippen molar-refractivity contribution < 1.29 is 14.7 Å². The number of benzene rings is 1. The van der Waals surface area contributed by atoms with Crippen molar-refractivity contribution in [3.8, 4) is 0 Å². The zero-order valence-corrected chi connectivity index (χ0v) is 12.0. The molecule has 2 N–H and O–H groups in total. The molecule has 4 heteroatoms. The van der Waals surface area contributed by atoms with E-state index in [1.54, 1.807) is 0 Å². The summed E-state index contributed by atoms with van der Waals surface area (Å²) in [4.78, 5) is 23.8. The largest absolute Gasteiger partial charge is 0.481 e. The third-order valence-corrected chi connectivity index (χ3v) is 4.76. The van der Waals surface area contributed by atoms with Crippen LogP contribution in [-0.4, -0.2) is 17.0 Å². The number of fused-ring (bicyclic) bond motifs is 2. The molecule has 0 spiro atoms. The Kier molecular flexibility index (Phi) is 3.53. The van der Waals surface area contributed by atoms with E-state index in [0.29, 0.717) is 6.54 Å². The Balaban J connectivity index is 1.69. The monoisotopic (exact) mass is 285 g/mol. The minimum absolute atomic E-state index is 0.0155. The molecule has 1 fully saturated rings. The van der Waals surface area contributed by atoms with Crippen molar-refractivity contribution in [2.45, 2.75) is 19.9 Å².